The van der Waals surface area contributed by atoms with Crippen molar-refractivity contribution in [1.29, 1.82) is 0 Å². The monoisotopic (exact) mass is 639 g/mol. The number of rotatable bonds is 12. The lowest BCUT2D eigenvalue weighted by Crippen LogP contribution is -2.44. The summed E-state index contributed by atoms with van der Waals surface area (Å²) in [5, 5.41) is 4.40. The largest absolute Gasteiger partial charge is 0.347 e. The molecular weight excluding hydrogens is 602 g/mol. The lowest BCUT2D eigenvalue weighted by atomic mass is 10.1. The predicted octanol–water partition coefficient (Wildman–Crippen LogP) is 5.07. The molecule has 238 valence electrons. The number of likely N-dealkylation sites (N-methyl/N-ethyl adjacent to an activating group) is 1. The van der Waals surface area contributed by atoms with Gasteiger partial charge in [-0.3, -0.25) is 4.79 Å². The van der Waals surface area contributed by atoms with Crippen molar-refractivity contribution in [2.45, 2.75) is 24.8 Å². The number of piperazine rings is 1. The van der Waals surface area contributed by atoms with Crippen LogP contribution in [0, 0.1) is 6.92 Å². The number of carbonyl (C=O) groups excluding carboxylic acids is 1. The molecule has 1 aliphatic heterocycles. The van der Waals surface area contributed by atoms with Crippen LogP contribution in [-0.4, -0.2) is 79.0 Å². The van der Waals surface area contributed by atoms with E-state index in [-0.39, 0.29) is 17.1 Å². The second-order valence-corrected chi connectivity index (χ2v) is 13.2. The highest BCUT2D eigenvalue weighted by molar-refractivity contribution is 7.92. The van der Waals surface area contributed by atoms with Gasteiger partial charge in [0, 0.05) is 67.1 Å². The number of fused-ring (bicyclic) bond motifs is 1. The SMILES string of the molecule is Cc1ccc(S(=O)(=O)N(OC=O)c2ccc(Nc3cc(-c4ccc5c(ccn5CCCN5CCN(C)CC5)c4)ncn3)cc2)cc1. The summed E-state index contributed by atoms with van der Waals surface area (Å²) in [4.78, 5) is 29.9. The van der Waals surface area contributed by atoms with Crippen LogP contribution in [0.1, 0.15) is 12.0 Å². The molecule has 1 N–H and O–H groups in total. The van der Waals surface area contributed by atoms with Gasteiger partial charge in [-0.25, -0.2) is 9.97 Å². The van der Waals surface area contributed by atoms with E-state index in [1.165, 1.54) is 24.0 Å². The number of aryl methyl sites for hydroxylation is 2. The van der Waals surface area contributed by atoms with Gasteiger partial charge in [-0.2, -0.15) is 8.42 Å². The fourth-order valence-electron chi connectivity index (χ4n) is 5.59. The third-order valence-electron chi connectivity index (χ3n) is 8.23. The maximum absolute atomic E-state index is 13.2. The average Bonchev–Trinajstić information content (AvgIpc) is 3.47. The third kappa shape index (κ3) is 7.04. The predicted molar refractivity (Wildman–Crippen MR) is 179 cm³/mol. The second kappa shape index (κ2) is 13.7. The minimum Gasteiger partial charge on any atom is -0.347 e. The molecule has 0 radical (unpaired) electrons. The molecule has 12 heteroatoms. The molecule has 0 bridgehead atoms. The molecule has 0 spiro atoms. The van der Waals surface area contributed by atoms with E-state index in [0.29, 0.717) is 16.0 Å². The van der Waals surface area contributed by atoms with Gasteiger partial charge in [-0.15, -0.1) is 0 Å². The standard InChI is InChI=1S/C34H37N7O4S/c1-26-4-11-31(12-5-26)46(43,44)41(45-25-42)30-9-7-29(8-10-30)37-34-23-32(35-24-36-34)27-6-13-33-28(22-27)14-17-40(33)16-3-15-39-20-18-38(2)19-21-39/h4-14,17,22-25H,3,15-16,18-21H2,1-2H3,(H,35,36,37). The Hall–Kier alpha value is -4.78. The van der Waals surface area contributed by atoms with E-state index in [4.69, 9.17) is 4.84 Å². The highest BCUT2D eigenvalue weighted by atomic mass is 32.2. The molecule has 0 unspecified atom stereocenters. The van der Waals surface area contributed by atoms with Crippen molar-refractivity contribution in [3.63, 3.8) is 0 Å². The Morgan fingerprint density at radius 1 is 0.913 bits per heavy atom. The van der Waals surface area contributed by atoms with Crippen molar-refractivity contribution in [2.75, 3.05) is 49.6 Å². The fourth-order valence-corrected chi connectivity index (χ4v) is 6.81. The lowest BCUT2D eigenvalue weighted by molar-refractivity contribution is -0.128. The van der Waals surface area contributed by atoms with Gasteiger partial charge in [0.25, 0.3) is 10.0 Å². The Balaban J connectivity index is 1.12. The quantitative estimate of drug-likeness (QED) is 0.148. The van der Waals surface area contributed by atoms with Gasteiger partial charge >= 0.3 is 6.47 Å². The van der Waals surface area contributed by atoms with Crippen molar-refractivity contribution < 1.29 is 18.0 Å². The molecule has 5 aromatic rings. The summed E-state index contributed by atoms with van der Waals surface area (Å²) >= 11 is 0. The molecule has 3 aromatic carbocycles. The van der Waals surface area contributed by atoms with E-state index >= 15 is 0 Å². The van der Waals surface area contributed by atoms with Crippen molar-refractivity contribution in [1.82, 2.24) is 24.3 Å². The molecule has 1 aliphatic rings. The molecule has 1 saturated heterocycles. The number of sulfonamides is 1. The molecule has 0 atom stereocenters. The minimum atomic E-state index is -4.13. The number of anilines is 3. The number of hydrogen-bond donors (Lipinski definition) is 1. The van der Waals surface area contributed by atoms with Gasteiger partial charge in [0.15, 0.2) is 0 Å². The van der Waals surface area contributed by atoms with Gasteiger partial charge in [-0.05, 0) is 81.5 Å². The molecule has 11 nitrogen and oxygen atoms in total. The molecule has 0 saturated carbocycles. The summed E-state index contributed by atoms with van der Waals surface area (Å²) in [6, 6.07) is 23.1. The van der Waals surface area contributed by atoms with Crippen LogP contribution >= 0.6 is 0 Å². The Bertz CT molecular complexity index is 1900. The average molecular weight is 640 g/mol. The second-order valence-electron chi connectivity index (χ2n) is 11.5. The summed E-state index contributed by atoms with van der Waals surface area (Å²) < 4.78 is 29.3. The zero-order valence-electron chi connectivity index (χ0n) is 25.9. The first-order chi connectivity index (χ1) is 22.3. The highest BCUT2D eigenvalue weighted by Gasteiger charge is 2.27. The van der Waals surface area contributed by atoms with Gasteiger partial charge in [0.1, 0.15) is 12.1 Å². The van der Waals surface area contributed by atoms with Crippen LogP contribution in [0.3, 0.4) is 0 Å². The Kier molecular flexibility index (Phi) is 9.29. The lowest BCUT2D eigenvalue weighted by Gasteiger charge is -2.32. The van der Waals surface area contributed by atoms with E-state index in [9.17, 15) is 13.2 Å². The van der Waals surface area contributed by atoms with E-state index < -0.39 is 10.0 Å². The normalized spacial score (nSPS) is 14.3. The van der Waals surface area contributed by atoms with Gasteiger partial charge < -0.3 is 24.5 Å². The highest BCUT2D eigenvalue weighted by Crippen LogP contribution is 2.28. The summed E-state index contributed by atoms with van der Waals surface area (Å²) in [5.41, 5.74) is 4.69. The zero-order valence-corrected chi connectivity index (χ0v) is 26.7. The zero-order chi connectivity index (χ0) is 32.1. The van der Waals surface area contributed by atoms with Crippen molar-refractivity contribution in [3.05, 3.63) is 97.0 Å². The topological polar surface area (TPSA) is 113 Å². The maximum Gasteiger partial charge on any atom is 0.322 e. The van der Waals surface area contributed by atoms with Crippen molar-refractivity contribution in [3.8, 4) is 11.3 Å². The number of nitrogens with zero attached hydrogens (tertiary/aromatic N) is 6. The van der Waals surface area contributed by atoms with Crippen LogP contribution in [0.4, 0.5) is 17.2 Å². The summed E-state index contributed by atoms with van der Waals surface area (Å²) in [6.07, 6.45) is 4.78. The molecule has 0 amide bonds. The molecule has 6 rings (SSSR count). The van der Waals surface area contributed by atoms with Crippen LogP contribution < -0.4 is 9.79 Å². The molecule has 3 heterocycles. The van der Waals surface area contributed by atoms with Gasteiger partial charge in [0.05, 0.1) is 16.3 Å². The summed E-state index contributed by atoms with van der Waals surface area (Å²) in [6.45, 7) is 8.59. The molecule has 1 fully saturated rings. The Labute approximate surface area is 269 Å². The number of carbonyl (C=O) groups is 1. The first-order valence-electron chi connectivity index (χ1n) is 15.2. The van der Waals surface area contributed by atoms with E-state index in [0.717, 1.165) is 67.9 Å². The Morgan fingerprint density at radius 3 is 2.41 bits per heavy atom. The smallest absolute Gasteiger partial charge is 0.322 e. The third-order valence-corrected chi connectivity index (χ3v) is 9.83. The molecular formula is C34H37N7O4S. The summed E-state index contributed by atoms with van der Waals surface area (Å²) in [5.74, 6) is 0.576. The molecule has 2 aromatic heterocycles. The Morgan fingerprint density at radius 2 is 1.67 bits per heavy atom. The maximum atomic E-state index is 13.2. The van der Waals surface area contributed by atoms with Crippen LogP contribution in [0.2, 0.25) is 0 Å². The molecule has 0 aliphatic carbocycles. The van der Waals surface area contributed by atoms with E-state index in [1.807, 2.05) is 13.0 Å². The van der Waals surface area contributed by atoms with Crippen molar-refractivity contribution in [2.24, 2.45) is 0 Å². The number of benzene rings is 3. The number of aromatic nitrogens is 3. The van der Waals surface area contributed by atoms with Crippen LogP contribution in [0.25, 0.3) is 22.2 Å². The molecule has 46 heavy (non-hydrogen) atoms. The van der Waals surface area contributed by atoms with E-state index in [2.05, 4.69) is 67.2 Å². The summed E-state index contributed by atoms with van der Waals surface area (Å²) in [7, 11) is -1.95. The van der Waals surface area contributed by atoms with Crippen molar-refractivity contribution >= 4 is 44.6 Å². The minimum absolute atomic E-state index is 0.00614. The first-order valence-corrected chi connectivity index (χ1v) is 16.7. The first kappa shape index (κ1) is 31.2. The fraction of sp³-hybridized carbons (Fsp3) is 0.265. The van der Waals surface area contributed by atoms with Crippen LogP contribution in [0.15, 0.2) is 96.3 Å². The van der Waals surface area contributed by atoms with E-state index in [1.54, 1.807) is 36.4 Å². The van der Waals surface area contributed by atoms with Gasteiger partial charge in [0.2, 0.25) is 0 Å². The number of hydrogen-bond acceptors (Lipinski definition) is 9. The number of nitrogens with one attached hydrogen (secondary N) is 1. The van der Waals surface area contributed by atoms with Gasteiger partial charge in [-0.1, -0.05) is 28.2 Å². The van der Waals surface area contributed by atoms with Crippen LogP contribution in [-0.2, 0) is 26.2 Å². The van der Waals surface area contributed by atoms with Crippen LogP contribution in [0.5, 0.6) is 0 Å².